The maximum absolute atomic E-state index is 7.13. The zero-order valence-electron chi connectivity index (χ0n) is 43.3. The number of para-hydroxylation sites is 3. The average molecular weight is 986 g/mol. The zero-order valence-corrected chi connectivity index (χ0v) is 43.3. The van der Waals surface area contributed by atoms with Gasteiger partial charge in [-0.1, -0.05) is 222 Å². The summed E-state index contributed by atoms with van der Waals surface area (Å²) in [6.45, 7) is 9.65. The highest BCUT2D eigenvalue weighted by Gasteiger charge is 2.44. The molecule has 16 rings (SSSR count). The first-order chi connectivity index (χ1) is 37.8. The van der Waals surface area contributed by atoms with Crippen LogP contribution in [-0.4, -0.2) is 0 Å². The smallest absolute Gasteiger partial charge is 0.144 e. The largest absolute Gasteiger partial charge is 0.455 e. The summed E-state index contributed by atoms with van der Waals surface area (Å²) >= 11 is 0. The fourth-order valence-corrected chi connectivity index (χ4v) is 13.8. The van der Waals surface area contributed by atoms with Crippen molar-refractivity contribution < 1.29 is 8.83 Å². The van der Waals surface area contributed by atoms with Crippen LogP contribution in [0.2, 0.25) is 0 Å². The SMILES string of the molecule is CC1(C)c2cc(N(c3ccccc3-c3ccccc3)c3cc4c(c5ccccc35)-c3c(cc(-c5ccccc5)c5c3oc3ccccc35)C4(C)C)c3ccccc3c2-c2c1cc(-c1ccccc1)c1c2oc2ccccc21. The van der Waals surface area contributed by atoms with E-state index in [-0.39, 0.29) is 0 Å². The molecule has 2 heterocycles. The van der Waals surface area contributed by atoms with Crippen molar-refractivity contribution in [2.45, 2.75) is 38.5 Å². The Hall–Kier alpha value is -9.44. The number of nitrogens with zero attached hydrogens (tertiary/aromatic N) is 1. The summed E-state index contributed by atoms with van der Waals surface area (Å²) in [7, 11) is 0. The third-order valence-electron chi connectivity index (χ3n) is 17.4. The van der Waals surface area contributed by atoms with Crippen molar-refractivity contribution in [2.24, 2.45) is 0 Å². The van der Waals surface area contributed by atoms with Crippen LogP contribution in [0.5, 0.6) is 0 Å². The van der Waals surface area contributed by atoms with Gasteiger partial charge in [0.1, 0.15) is 22.3 Å². The number of fused-ring (bicyclic) bond motifs is 18. The van der Waals surface area contributed by atoms with Crippen LogP contribution in [0.25, 0.3) is 121 Å². The highest BCUT2D eigenvalue weighted by atomic mass is 16.3. The Morgan fingerprint density at radius 3 is 1.06 bits per heavy atom. The Balaban J connectivity index is 1.02. The van der Waals surface area contributed by atoms with Gasteiger partial charge in [0.2, 0.25) is 0 Å². The first kappa shape index (κ1) is 43.9. The number of hydrogen-bond acceptors (Lipinski definition) is 3. The van der Waals surface area contributed by atoms with E-state index in [4.69, 9.17) is 8.83 Å². The third kappa shape index (κ3) is 6.08. The molecule has 0 unspecified atom stereocenters. The van der Waals surface area contributed by atoms with Gasteiger partial charge in [0.15, 0.2) is 0 Å². The van der Waals surface area contributed by atoms with E-state index in [1.807, 2.05) is 0 Å². The summed E-state index contributed by atoms with van der Waals surface area (Å²) in [5.41, 5.74) is 23.2. The third-order valence-corrected chi connectivity index (χ3v) is 17.4. The molecule has 2 aliphatic carbocycles. The lowest BCUT2D eigenvalue weighted by Gasteiger charge is -2.33. The molecule has 0 saturated heterocycles. The Morgan fingerprint density at radius 2 is 0.623 bits per heavy atom. The van der Waals surface area contributed by atoms with Crippen molar-refractivity contribution in [3.8, 4) is 55.6 Å². The Kier molecular flexibility index (Phi) is 9.15. The van der Waals surface area contributed by atoms with E-state index < -0.39 is 10.8 Å². The first-order valence-corrected chi connectivity index (χ1v) is 26.9. The van der Waals surface area contributed by atoms with Crippen molar-refractivity contribution in [3.63, 3.8) is 0 Å². The molecule has 0 N–H and O–H groups in total. The van der Waals surface area contributed by atoms with Gasteiger partial charge in [-0.3, -0.25) is 0 Å². The molecule has 0 amide bonds. The van der Waals surface area contributed by atoms with Crippen LogP contribution in [0.4, 0.5) is 17.1 Å². The molecule has 14 aromatic rings. The number of anilines is 3. The highest BCUT2D eigenvalue weighted by molar-refractivity contribution is 6.24. The van der Waals surface area contributed by atoms with Gasteiger partial charge in [-0.15, -0.1) is 0 Å². The zero-order chi connectivity index (χ0) is 51.3. The lowest BCUT2D eigenvalue weighted by molar-refractivity contribution is 0.653. The standard InChI is InChI=1S/C74H51NO2/c1-73(2)56-40-54(45-26-10-6-11-27-45)65-52-35-19-22-38-63(52)76-71(65)69(56)67-50-33-16-14-31-48(50)61(42-58(67)73)75(60-37-21-18-30-47(60)44-24-8-5-9-25-44)62-43-59-68(51-34-17-15-32-49(51)62)70-57(74(59,3)4)41-55(46-28-12-7-13-29-46)66-53-36-20-23-39-64(53)77-72(66)70/h5-43H,1-4H3. The fraction of sp³-hybridized carbons (Fsp3) is 0.0811. The maximum atomic E-state index is 7.13. The molecule has 12 aromatic carbocycles. The monoisotopic (exact) mass is 985 g/mol. The molecule has 0 bridgehead atoms. The quantitative estimate of drug-likeness (QED) is 0.166. The van der Waals surface area contributed by atoms with E-state index in [2.05, 4.69) is 269 Å². The molecule has 3 heteroatoms. The molecule has 77 heavy (non-hydrogen) atoms. The molecule has 364 valence electrons. The van der Waals surface area contributed by atoms with Crippen molar-refractivity contribution >= 4 is 82.5 Å². The van der Waals surface area contributed by atoms with Gasteiger partial charge in [-0.25, -0.2) is 0 Å². The van der Waals surface area contributed by atoms with Crippen LogP contribution in [-0.2, 0) is 10.8 Å². The molecular formula is C74H51NO2. The van der Waals surface area contributed by atoms with Crippen LogP contribution < -0.4 is 4.90 Å². The second-order valence-electron chi connectivity index (χ2n) is 22.2. The summed E-state index contributed by atoms with van der Waals surface area (Å²) in [6, 6.07) is 86.8. The van der Waals surface area contributed by atoms with Crippen LogP contribution in [0.15, 0.2) is 245 Å². The normalized spacial score (nSPS) is 13.9. The number of benzene rings is 12. The Bertz CT molecular complexity index is 4520. The molecule has 0 spiro atoms. The van der Waals surface area contributed by atoms with E-state index in [0.717, 1.165) is 82.8 Å². The minimum atomic E-state index is -0.414. The van der Waals surface area contributed by atoms with E-state index in [1.165, 1.54) is 77.5 Å². The molecule has 3 nitrogen and oxygen atoms in total. The van der Waals surface area contributed by atoms with Gasteiger partial charge in [-0.05, 0) is 114 Å². The van der Waals surface area contributed by atoms with Crippen molar-refractivity contribution in [3.05, 3.63) is 259 Å². The minimum Gasteiger partial charge on any atom is -0.455 e. The van der Waals surface area contributed by atoms with Gasteiger partial charge in [0, 0.05) is 59.8 Å². The summed E-state index contributed by atoms with van der Waals surface area (Å²) in [4.78, 5) is 2.60. The topological polar surface area (TPSA) is 29.5 Å². The van der Waals surface area contributed by atoms with Gasteiger partial charge in [0.25, 0.3) is 0 Å². The molecule has 0 aliphatic heterocycles. The number of hydrogen-bond donors (Lipinski definition) is 0. The highest BCUT2D eigenvalue weighted by Crippen LogP contribution is 2.62. The van der Waals surface area contributed by atoms with Crippen LogP contribution in [0, 0.1) is 0 Å². The summed E-state index contributed by atoms with van der Waals surface area (Å²) in [6.07, 6.45) is 0. The lowest BCUT2D eigenvalue weighted by Crippen LogP contribution is -2.19. The maximum Gasteiger partial charge on any atom is 0.144 e. The molecule has 2 aliphatic rings. The van der Waals surface area contributed by atoms with Gasteiger partial charge >= 0.3 is 0 Å². The van der Waals surface area contributed by atoms with E-state index in [9.17, 15) is 0 Å². The number of rotatable bonds is 6. The van der Waals surface area contributed by atoms with Crippen LogP contribution in [0.1, 0.15) is 49.9 Å². The minimum absolute atomic E-state index is 0.414. The predicted molar refractivity (Wildman–Crippen MR) is 322 cm³/mol. The van der Waals surface area contributed by atoms with Gasteiger partial charge in [0.05, 0.1) is 17.1 Å². The average Bonchev–Trinajstić information content (AvgIpc) is 4.39. The van der Waals surface area contributed by atoms with Crippen molar-refractivity contribution in [1.82, 2.24) is 0 Å². The predicted octanol–water partition coefficient (Wildman–Crippen LogP) is 20.9. The lowest BCUT2D eigenvalue weighted by atomic mass is 9.80. The second kappa shape index (κ2) is 16.0. The molecule has 0 saturated carbocycles. The van der Waals surface area contributed by atoms with E-state index in [1.54, 1.807) is 0 Å². The summed E-state index contributed by atoms with van der Waals surface area (Å²) in [5.74, 6) is 0. The fourth-order valence-electron chi connectivity index (χ4n) is 13.8. The van der Waals surface area contributed by atoms with E-state index in [0.29, 0.717) is 0 Å². The first-order valence-electron chi connectivity index (χ1n) is 26.9. The van der Waals surface area contributed by atoms with Gasteiger partial charge < -0.3 is 13.7 Å². The van der Waals surface area contributed by atoms with Crippen molar-refractivity contribution in [2.75, 3.05) is 4.90 Å². The molecular weight excluding hydrogens is 935 g/mol. The Morgan fingerprint density at radius 1 is 0.286 bits per heavy atom. The molecule has 2 aromatic heterocycles. The van der Waals surface area contributed by atoms with E-state index >= 15 is 0 Å². The second-order valence-corrected chi connectivity index (χ2v) is 22.2. The van der Waals surface area contributed by atoms with Crippen molar-refractivity contribution in [1.29, 1.82) is 0 Å². The summed E-state index contributed by atoms with van der Waals surface area (Å²) in [5, 5.41) is 9.30. The number of furan rings is 2. The van der Waals surface area contributed by atoms with Crippen LogP contribution in [0.3, 0.4) is 0 Å². The Labute approximate surface area is 446 Å². The van der Waals surface area contributed by atoms with Crippen LogP contribution >= 0.6 is 0 Å². The van der Waals surface area contributed by atoms with Gasteiger partial charge in [-0.2, -0.15) is 0 Å². The molecule has 0 fully saturated rings. The molecule has 0 radical (unpaired) electrons. The molecule has 0 atom stereocenters. The summed E-state index contributed by atoms with van der Waals surface area (Å²) < 4.78 is 14.3.